The molecule has 9 heteroatoms. The molecule has 0 N–H and O–H groups in total. The molecule has 3 rings (SSSR count). The lowest BCUT2D eigenvalue weighted by Crippen LogP contribution is -2.28. The molecule has 2 aromatic carbocycles. The average Bonchev–Trinajstić information content (AvgIpc) is 2.65. The SMILES string of the molecule is CCCC1COC(c2cc(F)c(C(F)(F)Oc3cc(F)c(C)c(F)c3)c(F)c2)OC1. The van der Waals surface area contributed by atoms with Crippen molar-refractivity contribution in [3.05, 3.63) is 64.2 Å². The lowest BCUT2D eigenvalue weighted by Gasteiger charge is -2.30. The van der Waals surface area contributed by atoms with Crippen molar-refractivity contribution in [2.24, 2.45) is 5.92 Å². The fourth-order valence-corrected chi connectivity index (χ4v) is 3.20. The monoisotopic (exact) mass is 434 g/mol. The van der Waals surface area contributed by atoms with Gasteiger partial charge in [0, 0.05) is 29.2 Å². The van der Waals surface area contributed by atoms with Gasteiger partial charge in [0.15, 0.2) is 6.29 Å². The van der Waals surface area contributed by atoms with E-state index in [1.54, 1.807) is 0 Å². The Morgan fingerprint density at radius 2 is 1.47 bits per heavy atom. The Balaban J connectivity index is 1.82. The third-order valence-electron chi connectivity index (χ3n) is 4.79. The molecule has 0 radical (unpaired) electrons. The van der Waals surface area contributed by atoms with Crippen LogP contribution in [0.15, 0.2) is 24.3 Å². The largest absolute Gasteiger partial charge is 0.432 e. The van der Waals surface area contributed by atoms with Gasteiger partial charge in [-0.05, 0) is 25.5 Å². The van der Waals surface area contributed by atoms with Crippen LogP contribution in [0.25, 0.3) is 0 Å². The van der Waals surface area contributed by atoms with Gasteiger partial charge >= 0.3 is 6.11 Å². The van der Waals surface area contributed by atoms with Gasteiger partial charge in [0.1, 0.15) is 34.6 Å². The first kappa shape index (κ1) is 22.4. The summed E-state index contributed by atoms with van der Waals surface area (Å²) in [5.41, 5.74) is -2.19. The second-order valence-corrected chi connectivity index (χ2v) is 7.14. The average molecular weight is 434 g/mol. The number of halogens is 6. The standard InChI is InChI=1S/C21H20F6O3/c1-3-4-12-9-28-20(29-10-12)13-5-17(24)19(18(25)6-13)21(26,27)30-14-7-15(22)11(2)16(23)8-14/h5-8,12,20H,3-4,9-10H2,1-2H3. The van der Waals surface area contributed by atoms with Crippen LogP contribution in [0, 0.1) is 36.1 Å². The van der Waals surface area contributed by atoms with Crippen molar-refractivity contribution in [3.63, 3.8) is 0 Å². The van der Waals surface area contributed by atoms with E-state index in [1.807, 2.05) is 6.92 Å². The molecule has 0 unspecified atom stereocenters. The number of alkyl halides is 2. The van der Waals surface area contributed by atoms with Crippen LogP contribution in [0.4, 0.5) is 26.3 Å². The Hall–Kier alpha value is -2.26. The van der Waals surface area contributed by atoms with Crippen molar-refractivity contribution < 1.29 is 40.6 Å². The van der Waals surface area contributed by atoms with Gasteiger partial charge in [-0.25, -0.2) is 17.6 Å². The topological polar surface area (TPSA) is 27.7 Å². The van der Waals surface area contributed by atoms with Crippen LogP contribution in [-0.4, -0.2) is 13.2 Å². The zero-order valence-electron chi connectivity index (χ0n) is 16.3. The fraction of sp³-hybridized carbons (Fsp3) is 0.429. The lowest BCUT2D eigenvalue weighted by atomic mass is 10.0. The highest BCUT2D eigenvalue weighted by Crippen LogP contribution is 2.38. The number of benzene rings is 2. The molecule has 0 atom stereocenters. The molecular weight excluding hydrogens is 414 g/mol. The number of hydrogen-bond donors (Lipinski definition) is 0. The van der Waals surface area contributed by atoms with Gasteiger partial charge in [-0.15, -0.1) is 0 Å². The van der Waals surface area contributed by atoms with Crippen LogP contribution in [-0.2, 0) is 15.6 Å². The zero-order valence-corrected chi connectivity index (χ0v) is 16.3. The van der Waals surface area contributed by atoms with Crippen molar-refractivity contribution in [3.8, 4) is 5.75 Å². The molecule has 0 bridgehead atoms. The van der Waals surface area contributed by atoms with Crippen molar-refractivity contribution in [1.29, 1.82) is 0 Å². The summed E-state index contributed by atoms with van der Waals surface area (Å²) in [6.07, 6.45) is -3.84. The molecule has 0 spiro atoms. The van der Waals surface area contributed by atoms with Crippen LogP contribution < -0.4 is 4.74 Å². The Labute approximate surface area is 169 Å². The molecule has 0 amide bonds. The van der Waals surface area contributed by atoms with Gasteiger partial charge in [-0.3, -0.25) is 0 Å². The third-order valence-corrected chi connectivity index (χ3v) is 4.79. The number of ether oxygens (including phenoxy) is 3. The summed E-state index contributed by atoms with van der Waals surface area (Å²) >= 11 is 0. The third kappa shape index (κ3) is 4.73. The molecule has 0 saturated carbocycles. The van der Waals surface area contributed by atoms with Crippen LogP contribution in [0.1, 0.15) is 42.7 Å². The van der Waals surface area contributed by atoms with Crippen LogP contribution in [0.2, 0.25) is 0 Å². The molecule has 164 valence electrons. The molecule has 3 nitrogen and oxygen atoms in total. The molecule has 1 aliphatic rings. The van der Waals surface area contributed by atoms with E-state index in [2.05, 4.69) is 4.74 Å². The Kier molecular flexibility index (Phi) is 6.62. The maximum absolute atomic E-state index is 14.4. The summed E-state index contributed by atoms with van der Waals surface area (Å²) in [4.78, 5) is 0. The van der Waals surface area contributed by atoms with Crippen molar-refractivity contribution >= 4 is 0 Å². The van der Waals surface area contributed by atoms with Gasteiger partial charge in [0.25, 0.3) is 0 Å². The van der Waals surface area contributed by atoms with Crippen molar-refractivity contribution in [2.75, 3.05) is 13.2 Å². The second-order valence-electron chi connectivity index (χ2n) is 7.14. The molecule has 0 aliphatic carbocycles. The van der Waals surface area contributed by atoms with Crippen LogP contribution >= 0.6 is 0 Å². The summed E-state index contributed by atoms with van der Waals surface area (Å²) in [5.74, 6) is -6.25. The molecule has 1 saturated heterocycles. The maximum Gasteiger partial charge on any atom is 0.432 e. The molecule has 0 aromatic heterocycles. The normalized spacial score (nSPS) is 19.7. The first-order chi connectivity index (χ1) is 14.1. The highest BCUT2D eigenvalue weighted by atomic mass is 19.3. The lowest BCUT2D eigenvalue weighted by molar-refractivity contribution is -0.206. The van der Waals surface area contributed by atoms with Crippen molar-refractivity contribution in [2.45, 2.75) is 39.1 Å². The summed E-state index contributed by atoms with van der Waals surface area (Å²) < 4.78 is 100.0. The first-order valence-electron chi connectivity index (χ1n) is 9.37. The zero-order chi connectivity index (χ0) is 22.1. The van der Waals surface area contributed by atoms with E-state index in [1.165, 1.54) is 0 Å². The number of hydrogen-bond acceptors (Lipinski definition) is 3. The quantitative estimate of drug-likeness (QED) is 0.511. The molecule has 30 heavy (non-hydrogen) atoms. The van der Waals surface area contributed by atoms with Crippen LogP contribution in [0.3, 0.4) is 0 Å². The van der Waals surface area contributed by atoms with Crippen LogP contribution in [0.5, 0.6) is 5.75 Å². The molecular formula is C21H20F6O3. The predicted octanol–water partition coefficient (Wildman–Crippen LogP) is 6.14. The Morgan fingerprint density at radius 3 is 1.97 bits per heavy atom. The van der Waals surface area contributed by atoms with E-state index in [0.717, 1.165) is 19.8 Å². The Morgan fingerprint density at radius 1 is 0.933 bits per heavy atom. The highest BCUT2D eigenvalue weighted by molar-refractivity contribution is 5.33. The summed E-state index contributed by atoms with van der Waals surface area (Å²) in [6.45, 7) is 3.72. The first-order valence-corrected chi connectivity index (χ1v) is 9.37. The smallest absolute Gasteiger partial charge is 0.429 e. The summed E-state index contributed by atoms with van der Waals surface area (Å²) in [5, 5.41) is 0. The van der Waals surface area contributed by atoms with E-state index in [4.69, 9.17) is 9.47 Å². The van der Waals surface area contributed by atoms with Gasteiger partial charge < -0.3 is 14.2 Å². The number of rotatable bonds is 6. The molecule has 1 aliphatic heterocycles. The van der Waals surface area contributed by atoms with E-state index in [9.17, 15) is 26.3 Å². The van der Waals surface area contributed by atoms with Gasteiger partial charge in [0.2, 0.25) is 0 Å². The minimum atomic E-state index is -4.53. The van der Waals surface area contributed by atoms with Crippen molar-refractivity contribution in [1.82, 2.24) is 0 Å². The van der Waals surface area contributed by atoms with Gasteiger partial charge in [0.05, 0.1) is 13.2 Å². The van der Waals surface area contributed by atoms with E-state index in [0.29, 0.717) is 37.5 Å². The summed E-state index contributed by atoms with van der Waals surface area (Å²) in [6, 6.07) is 2.34. The minimum Gasteiger partial charge on any atom is -0.429 e. The minimum absolute atomic E-state index is 0.105. The fourth-order valence-electron chi connectivity index (χ4n) is 3.20. The van der Waals surface area contributed by atoms with Gasteiger partial charge in [-0.2, -0.15) is 8.78 Å². The van der Waals surface area contributed by atoms with Gasteiger partial charge in [-0.1, -0.05) is 13.3 Å². The Bertz CT molecular complexity index is 864. The second kappa shape index (κ2) is 8.85. The summed E-state index contributed by atoms with van der Waals surface area (Å²) in [7, 11) is 0. The van der Waals surface area contributed by atoms with E-state index < -0.39 is 52.5 Å². The molecule has 2 aromatic rings. The molecule has 1 fully saturated rings. The predicted molar refractivity (Wildman–Crippen MR) is 95.0 cm³/mol. The highest BCUT2D eigenvalue weighted by Gasteiger charge is 2.42. The van der Waals surface area contributed by atoms with E-state index in [-0.39, 0.29) is 11.5 Å². The maximum atomic E-state index is 14.4. The molecule has 1 heterocycles. The van der Waals surface area contributed by atoms with E-state index >= 15 is 0 Å².